The molecule has 1 aliphatic rings. The lowest BCUT2D eigenvalue weighted by atomic mass is 10.3. The lowest BCUT2D eigenvalue weighted by molar-refractivity contribution is -0.146. The molecular formula is C10H13NO2S2. The van der Waals surface area contributed by atoms with Crippen LogP contribution in [0.4, 0.5) is 0 Å². The molecule has 0 aromatic carbocycles. The Morgan fingerprint density at radius 2 is 2.60 bits per heavy atom. The summed E-state index contributed by atoms with van der Waals surface area (Å²) in [5.41, 5.74) is 0. The fourth-order valence-corrected chi connectivity index (χ4v) is 2.89. The highest BCUT2D eigenvalue weighted by Gasteiger charge is 2.22. The summed E-state index contributed by atoms with van der Waals surface area (Å²) in [6.07, 6.45) is 0. The minimum Gasteiger partial charge on any atom is -0.459 e. The van der Waals surface area contributed by atoms with Gasteiger partial charge in [0.05, 0.1) is 0 Å². The normalized spacial score (nSPS) is 21.2. The van der Waals surface area contributed by atoms with E-state index in [2.05, 4.69) is 5.32 Å². The van der Waals surface area contributed by atoms with Crippen molar-refractivity contribution in [3.63, 3.8) is 0 Å². The largest absolute Gasteiger partial charge is 0.459 e. The number of hydrogen-bond acceptors (Lipinski definition) is 5. The van der Waals surface area contributed by atoms with E-state index in [1.807, 2.05) is 17.5 Å². The van der Waals surface area contributed by atoms with Gasteiger partial charge in [-0.1, -0.05) is 6.07 Å². The number of nitrogens with one attached hydrogen (secondary N) is 1. The first kappa shape index (κ1) is 11.0. The minimum absolute atomic E-state index is 0.122. The lowest BCUT2D eigenvalue weighted by Gasteiger charge is -2.21. The van der Waals surface area contributed by atoms with E-state index >= 15 is 0 Å². The van der Waals surface area contributed by atoms with Gasteiger partial charge >= 0.3 is 5.97 Å². The lowest BCUT2D eigenvalue weighted by Crippen LogP contribution is -2.44. The monoisotopic (exact) mass is 243 g/mol. The van der Waals surface area contributed by atoms with Crippen LogP contribution in [0, 0.1) is 0 Å². The van der Waals surface area contributed by atoms with Gasteiger partial charge in [0.1, 0.15) is 12.6 Å². The number of hydrogen-bond donors (Lipinski definition) is 1. The Bertz CT molecular complexity index is 307. The molecule has 0 spiro atoms. The highest BCUT2D eigenvalue weighted by molar-refractivity contribution is 7.99. The predicted octanol–water partition coefficient (Wildman–Crippen LogP) is 1.50. The number of ether oxygens (including phenoxy) is 1. The Balaban J connectivity index is 1.76. The van der Waals surface area contributed by atoms with Crippen LogP contribution in [-0.2, 0) is 16.1 Å². The number of carbonyl (C=O) groups excluding carboxylic acids is 1. The fraction of sp³-hybridized carbons (Fsp3) is 0.500. The summed E-state index contributed by atoms with van der Waals surface area (Å²) in [7, 11) is 0. The van der Waals surface area contributed by atoms with Crippen LogP contribution in [0.2, 0.25) is 0 Å². The molecule has 5 heteroatoms. The summed E-state index contributed by atoms with van der Waals surface area (Å²) in [4.78, 5) is 12.7. The Morgan fingerprint density at radius 1 is 1.67 bits per heavy atom. The van der Waals surface area contributed by atoms with Crippen molar-refractivity contribution in [2.24, 2.45) is 0 Å². The van der Waals surface area contributed by atoms with Gasteiger partial charge in [-0.2, -0.15) is 11.8 Å². The minimum atomic E-state index is -0.129. The number of carbonyl (C=O) groups is 1. The van der Waals surface area contributed by atoms with E-state index in [-0.39, 0.29) is 12.0 Å². The van der Waals surface area contributed by atoms with Crippen LogP contribution in [0.1, 0.15) is 4.88 Å². The van der Waals surface area contributed by atoms with E-state index in [1.165, 1.54) is 0 Å². The molecule has 1 fully saturated rings. The quantitative estimate of drug-likeness (QED) is 0.816. The van der Waals surface area contributed by atoms with Gasteiger partial charge < -0.3 is 10.1 Å². The average Bonchev–Trinajstić information content (AvgIpc) is 2.80. The van der Waals surface area contributed by atoms with Crippen molar-refractivity contribution in [1.82, 2.24) is 5.32 Å². The summed E-state index contributed by atoms with van der Waals surface area (Å²) < 4.78 is 5.22. The molecule has 1 saturated heterocycles. The first-order valence-corrected chi connectivity index (χ1v) is 6.90. The number of esters is 1. The zero-order chi connectivity index (χ0) is 10.5. The maximum atomic E-state index is 11.6. The standard InChI is InChI=1S/C10H13NO2S2/c12-10(9-7-14-5-3-11-9)13-6-8-2-1-4-15-8/h1-2,4,9,11H,3,5-7H2. The first-order valence-electron chi connectivity index (χ1n) is 4.86. The highest BCUT2D eigenvalue weighted by Crippen LogP contribution is 2.12. The average molecular weight is 243 g/mol. The molecule has 1 aromatic heterocycles. The zero-order valence-corrected chi connectivity index (χ0v) is 9.90. The third-order valence-electron chi connectivity index (χ3n) is 2.14. The summed E-state index contributed by atoms with van der Waals surface area (Å²) >= 11 is 3.40. The predicted molar refractivity (Wildman–Crippen MR) is 63.2 cm³/mol. The Kier molecular flexibility index (Phi) is 4.05. The number of thiophene rings is 1. The number of thioether (sulfide) groups is 1. The van der Waals surface area contributed by atoms with E-state index in [9.17, 15) is 4.79 Å². The van der Waals surface area contributed by atoms with Gasteiger partial charge in [0.15, 0.2) is 0 Å². The van der Waals surface area contributed by atoms with Crippen molar-refractivity contribution >= 4 is 29.1 Å². The van der Waals surface area contributed by atoms with Gasteiger partial charge in [-0.25, -0.2) is 0 Å². The van der Waals surface area contributed by atoms with E-state index in [0.717, 1.165) is 22.9 Å². The van der Waals surface area contributed by atoms with Gasteiger partial charge in [0, 0.05) is 22.9 Å². The maximum absolute atomic E-state index is 11.6. The molecule has 3 nitrogen and oxygen atoms in total. The van der Waals surface area contributed by atoms with E-state index in [1.54, 1.807) is 23.1 Å². The third kappa shape index (κ3) is 3.22. The SMILES string of the molecule is O=C(OCc1cccs1)C1CSCCN1. The topological polar surface area (TPSA) is 38.3 Å². The van der Waals surface area contributed by atoms with Gasteiger partial charge in [-0.3, -0.25) is 4.79 Å². The summed E-state index contributed by atoms with van der Waals surface area (Å²) in [6, 6.07) is 3.81. The van der Waals surface area contributed by atoms with Crippen LogP contribution in [-0.4, -0.2) is 30.1 Å². The molecule has 0 saturated carbocycles. The Morgan fingerprint density at radius 3 is 3.27 bits per heavy atom. The molecular weight excluding hydrogens is 230 g/mol. The summed E-state index contributed by atoms with van der Waals surface area (Å²) in [6.45, 7) is 1.29. The number of rotatable bonds is 3. The fourth-order valence-electron chi connectivity index (χ4n) is 1.35. The second kappa shape index (κ2) is 5.53. The molecule has 0 bridgehead atoms. The van der Waals surface area contributed by atoms with Gasteiger partial charge in [-0.05, 0) is 11.4 Å². The highest BCUT2D eigenvalue weighted by atomic mass is 32.2. The third-order valence-corrected chi connectivity index (χ3v) is 4.05. The zero-order valence-electron chi connectivity index (χ0n) is 8.27. The van der Waals surface area contributed by atoms with Gasteiger partial charge in [0.2, 0.25) is 0 Å². The van der Waals surface area contributed by atoms with Crippen molar-refractivity contribution < 1.29 is 9.53 Å². The van der Waals surface area contributed by atoms with E-state index in [0.29, 0.717) is 6.61 Å². The molecule has 1 atom stereocenters. The van der Waals surface area contributed by atoms with Crippen LogP contribution < -0.4 is 5.32 Å². The van der Waals surface area contributed by atoms with Crippen LogP contribution in [0.3, 0.4) is 0 Å². The van der Waals surface area contributed by atoms with E-state index in [4.69, 9.17) is 4.74 Å². The molecule has 2 heterocycles. The van der Waals surface area contributed by atoms with Crippen LogP contribution in [0.5, 0.6) is 0 Å². The van der Waals surface area contributed by atoms with Crippen LogP contribution >= 0.6 is 23.1 Å². The van der Waals surface area contributed by atoms with Crippen molar-refractivity contribution in [1.29, 1.82) is 0 Å². The second-order valence-corrected chi connectivity index (χ2v) is 5.45. The van der Waals surface area contributed by atoms with Crippen LogP contribution in [0.15, 0.2) is 17.5 Å². The molecule has 15 heavy (non-hydrogen) atoms. The molecule has 1 aromatic rings. The van der Waals surface area contributed by atoms with Crippen molar-refractivity contribution in [3.05, 3.63) is 22.4 Å². The van der Waals surface area contributed by atoms with Crippen molar-refractivity contribution in [2.45, 2.75) is 12.6 Å². The molecule has 1 N–H and O–H groups in total. The van der Waals surface area contributed by atoms with E-state index < -0.39 is 0 Å². The smallest absolute Gasteiger partial charge is 0.324 e. The molecule has 1 aliphatic heterocycles. The molecule has 0 radical (unpaired) electrons. The maximum Gasteiger partial charge on any atom is 0.324 e. The Labute approximate surface area is 97.2 Å². The van der Waals surface area contributed by atoms with Gasteiger partial charge in [-0.15, -0.1) is 11.3 Å². The van der Waals surface area contributed by atoms with Gasteiger partial charge in [0.25, 0.3) is 0 Å². The first-order chi connectivity index (χ1) is 7.36. The molecule has 82 valence electrons. The summed E-state index contributed by atoms with van der Waals surface area (Å²) in [5, 5.41) is 5.14. The van der Waals surface area contributed by atoms with Crippen molar-refractivity contribution in [2.75, 3.05) is 18.1 Å². The van der Waals surface area contributed by atoms with Crippen LogP contribution in [0.25, 0.3) is 0 Å². The second-order valence-electron chi connectivity index (χ2n) is 3.27. The van der Waals surface area contributed by atoms with Crippen molar-refractivity contribution in [3.8, 4) is 0 Å². The molecule has 0 aliphatic carbocycles. The molecule has 1 unspecified atom stereocenters. The Hall–Kier alpha value is -0.520. The molecule has 0 amide bonds. The summed E-state index contributed by atoms with van der Waals surface area (Å²) in [5.74, 6) is 1.77. The molecule has 2 rings (SSSR count).